The predicted octanol–water partition coefficient (Wildman–Crippen LogP) is 3.84. The van der Waals surface area contributed by atoms with Crippen LogP contribution >= 0.6 is 0 Å². The van der Waals surface area contributed by atoms with E-state index in [-0.39, 0.29) is 18.4 Å². The summed E-state index contributed by atoms with van der Waals surface area (Å²) in [6.07, 6.45) is 11.2. The Morgan fingerprint density at radius 3 is 2.27 bits per heavy atom. The first-order chi connectivity index (χ1) is 14.4. The van der Waals surface area contributed by atoms with Gasteiger partial charge in [-0.05, 0) is 44.8 Å². The monoisotopic (exact) mass is 417 g/mol. The van der Waals surface area contributed by atoms with Gasteiger partial charge in [0, 0.05) is 26.6 Å². The highest BCUT2D eigenvalue weighted by atomic mass is 16.4. The van der Waals surface area contributed by atoms with E-state index in [1.165, 1.54) is 18.4 Å². The Balaban J connectivity index is 2.06. The molecule has 0 bridgehead atoms. The fourth-order valence-corrected chi connectivity index (χ4v) is 3.32. The molecule has 1 aromatic rings. The molecule has 1 aromatic carbocycles. The highest BCUT2D eigenvalue weighted by Crippen LogP contribution is 2.09. The van der Waals surface area contributed by atoms with E-state index in [1.54, 1.807) is 0 Å². The summed E-state index contributed by atoms with van der Waals surface area (Å²) in [6.45, 7) is 1.58. The van der Waals surface area contributed by atoms with Crippen molar-refractivity contribution in [2.24, 2.45) is 0 Å². The SMILES string of the molecule is CN(C)C[C@@H](CC(=O)O)NC(=O)CCCCCCCCN(C)C=Cc1ccccc1. The largest absolute Gasteiger partial charge is 0.481 e. The second-order valence-corrected chi connectivity index (χ2v) is 8.20. The molecule has 0 radical (unpaired) electrons. The van der Waals surface area contributed by atoms with Crippen molar-refractivity contribution in [1.82, 2.24) is 15.1 Å². The third-order valence-corrected chi connectivity index (χ3v) is 4.86. The average molecular weight is 418 g/mol. The maximum Gasteiger partial charge on any atom is 0.305 e. The summed E-state index contributed by atoms with van der Waals surface area (Å²) in [4.78, 5) is 27.1. The second-order valence-electron chi connectivity index (χ2n) is 8.20. The maximum atomic E-state index is 12.1. The first-order valence-electron chi connectivity index (χ1n) is 11.0. The molecule has 0 aromatic heterocycles. The summed E-state index contributed by atoms with van der Waals surface area (Å²) >= 11 is 0. The van der Waals surface area contributed by atoms with Crippen LogP contribution < -0.4 is 5.32 Å². The van der Waals surface area contributed by atoms with Crippen LogP contribution in [0.1, 0.15) is 56.9 Å². The Morgan fingerprint density at radius 1 is 1.00 bits per heavy atom. The first kappa shape index (κ1) is 25.7. The van der Waals surface area contributed by atoms with Crippen LogP contribution in [0.4, 0.5) is 0 Å². The lowest BCUT2D eigenvalue weighted by Gasteiger charge is -2.20. The van der Waals surface area contributed by atoms with E-state index in [1.807, 2.05) is 37.2 Å². The summed E-state index contributed by atoms with van der Waals surface area (Å²) in [5, 5.41) is 11.8. The highest BCUT2D eigenvalue weighted by Gasteiger charge is 2.16. The first-order valence-corrected chi connectivity index (χ1v) is 11.0. The number of hydrogen-bond donors (Lipinski definition) is 2. The number of carboxylic acid groups (broad SMARTS) is 1. The standard InChI is InChI=1S/C24H39N3O3/c1-26(2)20-22(19-24(29)30)25-23(28)15-11-6-4-5-7-12-17-27(3)18-16-21-13-9-8-10-14-21/h8-10,13-14,16,18,22H,4-7,11-12,15,17,19-20H2,1-3H3,(H,25,28)(H,29,30)/t22-/m1/s1. The van der Waals surface area contributed by atoms with Crippen LogP contribution in [-0.2, 0) is 9.59 Å². The molecule has 2 N–H and O–H groups in total. The van der Waals surface area contributed by atoms with Gasteiger partial charge in [-0.15, -0.1) is 0 Å². The number of amides is 1. The third-order valence-electron chi connectivity index (χ3n) is 4.86. The Bertz CT molecular complexity index is 632. The van der Waals surface area contributed by atoms with E-state index < -0.39 is 5.97 Å². The molecule has 1 amide bonds. The zero-order valence-corrected chi connectivity index (χ0v) is 18.8. The summed E-state index contributed by atoms with van der Waals surface area (Å²) in [7, 11) is 5.85. The Kier molecular flexibility index (Phi) is 13.3. The molecule has 0 fully saturated rings. The number of nitrogens with one attached hydrogen (secondary N) is 1. The molecular formula is C24H39N3O3. The summed E-state index contributed by atoms with van der Waals surface area (Å²) in [5.74, 6) is -0.932. The topological polar surface area (TPSA) is 72.9 Å². The fourth-order valence-electron chi connectivity index (χ4n) is 3.32. The van der Waals surface area contributed by atoms with Gasteiger partial charge in [0.05, 0.1) is 12.5 Å². The van der Waals surface area contributed by atoms with Gasteiger partial charge >= 0.3 is 5.97 Å². The average Bonchev–Trinajstić information content (AvgIpc) is 2.68. The van der Waals surface area contributed by atoms with Gasteiger partial charge in [0.15, 0.2) is 0 Å². The Hall–Kier alpha value is -2.34. The van der Waals surface area contributed by atoms with Crippen molar-refractivity contribution in [3.05, 3.63) is 42.1 Å². The molecule has 0 aliphatic rings. The molecule has 0 unspecified atom stereocenters. The normalized spacial score (nSPS) is 12.3. The Labute approximate surface area is 181 Å². The molecular weight excluding hydrogens is 378 g/mol. The van der Waals surface area contributed by atoms with Crippen molar-refractivity contribution in [2.45, 2.75) is 57.4 Å². The minimum absolute atomic E-state index is 0.0428. The summed E-state index contributed by atoms with van der Waals surface area (Å²) in [5.41, 5.74) is 1.21. The second kappa shape index (κ2) is 15.5. The number of unbranched alkanes of at least 4 members (excludes halogenated alkanes) is 5. The van der Waals surface area contributed by atoms with E-state index >= 15 is 0 Å². The van der Waals surface area contributed by atoms with Crippen molar-refractivity contribution in [3.63, 3.8) is 0 Å². The zero-order valence-electron chi connectivity index (χ0n) is 18.8. The quantitative estimate of drug-likeness (QED) is 0.400. The molecule has 6 nitrogen and oxygen atoms in total. The number of benzene rings is 1. The van der Waals surface area contributed by atoms with Crippen molar-refractivity contribution >= 4 is 18.0 Å². The number of hydrogen-bond acceptors (Lipinski definition) is 4. The van der Waals surface area contributed by atoms with E-state index in [0.29, 0.717) is 13.0 Å². The molecule has 168 valence electrons. The van der Waals surface area contributed by atoms with Gasteiger partial charge in [0.25, 0.3) is 0 Å². The smallest absolute Gasteiger partial charge is 0.305 e. The maximum absolute atomic E-state index is 12.1. The number of nitrogens with zero attached hydrogens (tertiary/aromatic N) is 2. The fraction of sp³-hybridized carbons (Fsp3) is 0.583. The van der Waals surface area contributed by atoms with Crippen LogP contribution in [0.3, 0.4) is 0 Å². The molecule has 6 heteroatoms. The van der Waals surface area contributed by atoms with Gasteiger partial charge in [-0.25, -0.2) is 0 Å². The number of carbonyl (C=O) groups excluding carboxylic acids is 1. The van der Waals surface area contributed by atoms with Crippen LogP contribution in [0.5, 0.6) is 0 Å². The van der Waals surface area contributed by atoms with Gasteiger partial charge in [-0.1, -0.05) is 56.0 Å². The molecule has 0 saturated carbocycles. The van der Waals surface area contributed by atoms with Gasteiger partial charge in [-0.3, -0.25) is 9.59 Å². The minimum atomic E-state index is -0.886. The summed E-state index contributed by atoms with van der Waals surface area (Å²) < 4.78 is 0. The lowest BCUT2D eigenvalue weighted by molar-refractivity contribution is -0.137. The highest BCUT2D eigenvalue weighted by molar-refractivity contribution is 5.77. The molecule has 0 heterocycles. The van der Waals surface area contributed by atoms with Crippen molar-refractivity contribution in [1.29, 1.82) is 0 Å². The molecule has 0 aliphatic heterocycles. The molecule has 0 aliphatic carbocycles. The molecule has 1 atom stereocenters. The molecule has 30 heavy (non-hydrogen) atoms. The van der Waals surface area contributed by atoms with Crippen molar-refractivity contribution in [2.75, 3.05) is 34.2 Å². The van der Waals surface area contributed by atoms with Crippen LogP contribution in [0.15, 0.2) is 36.5 Å². The van der Waals surface area contributed by atoms with E-state index in [0.717, 1.165) is 32.2 Å². The van der Waals surface area contributed by atoms with Gasteiger partial charge in [-0.2, -0.15) is 0 Å². The molecule has 1 rings (SSSR count). The predicted molar refractivity (Wildman–Crippen MR) is 123 cm³/mol. The van der Waals surface area contributed by atoms with Crippen LogP contribution in [0.2, 0.25) is 0 Å². The van der Waals surface area contributed by atoms with Crippen LogP contribution in [0.25, 0.3) is 6.08 Å². The third kappa shape index (κ3) is 13.8. The van der Waals surface area contributed by atoms with Crippen LogP contribution in [0, 0.1) is 0 Å². The van der Waals surface area contributed by atoms with Crippen molar-refractivity contribution < 1.29 is 14.7 Å². The lowest BCUT2D eigenvalue weighted by Crippen LogP contribution is -2.42. The van der Waals surface area contributed by atoms with Crippen molar-refractivity contribution in [3.8, 4) is 0 Å². The number of rotatable bonds is 16. The summed E-state index contributed by atoms with van der Waals surface area (Å²) in [6, 6.07) is 9.97. The number of carbonyl (C=O) groups is 2. The van der Waals surface area contributed by atoms with E-state index in [4.69, 9.17) is 5.11 Å². The van der Waals surface area contributed by atoms with Crippen LogP contribution in [-0.4, -0.2) is 67.1 Å². The van der Waals surface area contributed by atoms with Gasteiger partial charge in [0.2, 0.25) is 5.91 Å². The number of carboxylic acids is 1. The molecule has 0 saturated heterocycles. The Morgan fingerprint density at radius 2 is 1.63 bits per heavy atom. The van der Waals surface area contributed by atoms with Gasteiger partial charge < -0.3 is 20.2 Å². The van der Waals surface area contributed by atoms with E-state index in [2.05, 4.69) is 41.7 Å². The molecule has 0 spiro atoms. The van der Waals surface area contributed by atoms with Gasteiger partial charge in [0.1, 0.15) is 0 Å². The number of aliphatic carboxylic acids is 1. The zero-order chi connectivity index (χ0) is 22.2. The minimum Gasteiger partial charge on any atom is -0.481 e. The lowest BCUT2D eigenvalue weighted by atomic mass is 10.1. The number of likely N-dealkylation sites (N-methyl/N-ethyl adjacent to an activating group) is 1. The van der Waals surface area contributed by atoms with E-state index in [9.17, 15) is 9.59 Å².